The number of nitrogens with zero attached hydrogens (tertiary/aromatic N) is 3. The Labute approximate surface area is 107 Å². The fourth-order valence-corrected chi connectivity index (χ4v) is 1.65. The van der Waals surface area contributed by atoms with Gasteiger partial charge in [-0.3, -0.25) is 4.98 Å². The van der Waals surface area contributed by atoms with Crippen molar-refractivity contribution in [1.82, 2.24) is 15.0 Å². The number of aromatic nitrogens is 3. The molecule has 0 radical (unpaired) electrons. The van der Waals surface area contributed by atoms with Crippen molar-refractivity contribution < 1.29 is 0 Å². The number of rotatable bonds is 5. The fourth-order valence-electron chi connectivity index (χ4n) is 1.65. The van der Waals surface area contributed by atoms with E-state index in [2.05, 4.69) is 25.6 Å². The molecule has 0 aromatic carbocycles. The van der Waals surface area contributed by atoms with Crippen LogP contribution in [0.1, 0.15) is 11.5 Å². The molecule has 2 rings (SSSR count). The van der Waals surface area contributed by atoms with E-state index in [9.17, 15) is 0 Å². The molecule has 5 nitrogen and oxygen atoms in total. The smallest absolute Gasteiger partial charge is 0.131 e. The van der Waals surface area contributed by atoms with E-state index in [0.717, 1.165) is 36.1 Å². The van der Waals surface area contributed by atoms with Crippen LogP contribution in [-0.2, 0) is 6.42 Å². The molecule has 0 spiro atoms. The zero-order valence-corrected chi connectivity index (χ0v) is 10.6. The zero-order chi connectivity index (χ0) is 12.8. The van der Waals surface area contributed by atoms with Gasteiger partial charge in [0.2, 0.25) is 0 Å². The van der Waals surface area contributed by atoms with Crippen LogP contribution in [0.15, 0.2) is 30.5 Å². The Kier molecular flexibility index (Phi) is 4.06. The Morgan fingerprint density at radius 3 is 2.72 bits per heavy atom. The average Bonchev–Trinajstić information content (AvgIpc) is 2.39. The first kappa shape index (κ1) is 12.3. The van der Waals surface area contributed by atoms with Gasteiger partial charge in [0.25, 0.3) is 0 Å². The largest absolute Gasteiger partial charge is 0.373 e. The fraction of sp³-hybridized carbons (Fsp3) is 0.308. The molecule has 0 aliphatic heterocycles. The standard InChI is InChI=1S/C13H17N5/c1-10-17-12(14-2)9-13(18-10)16-8-6-11-5-3-4-7-15-11/h3-5,7,9H,6,8H2,1-2H3,(H2,14,16,17,18). The second-order valence-corrected chi connectivity index (χ2v) is 3.93. The van der Waals surface area contributed by atoms with Gasteiger partial charge in [-0.1, -0.05) is 6.07 Å². The maximum Gasteiger partial charge on any atom is 0.131 e. The second kappa shape index (κ2) is 5.95. The highest BCUT2D eigenvalue weighted by atomic mass is 15.1. The van der Waals surface area contributed by atoms with Gasteiger partial charge in [-0.15, -0.1) is 0 Å². The molecule has 0 bridgehead atoms. The number of nitrogens with one attached hydrogen (secondary N) is 2. The third-order valence-corrected chi connectivity index (χ3v) is 2.51. The number of hydrogen-bond acceptors (Lipinski definition) is 5. The van der Waals surface area contributed by atoms with Crippen LogP contribution in [0, 0.1) is 6.92 Å². The summed E-state index contributed by atoms with van der Waals surface area (Å²) >= 11 is 0. The molecular formula is C13H17N5. The summed E-state index contributed by atoms with van der Waals surface area (Å²) in [6.07, 6.45) is 2.68. The Bertz CT molecular complexity index is 498. The Hall–Kier alpha value is -2.17. The topological polar surface area (TPSA) is 62.7 Å². The molecular weight excluding hydrogens is 226 g/mol. The second-order valence-electron chi connectivity index (χ2n) is 3.93. The summed E-state index contributed by atoms with van der Waals surface area (Å²) in [5, 5.41) is 6.29. The molecule has 5 heteroatoms. The van der Waals surface area contributed by atoms with E-state index in [0.29, 0.717) is 0 Å². The number of aryl methyl sites for hydroxylation is 1. The Balaban J connectivity index is 1.92. The lowest BCUT2D eigenvalue weighted by molar-refractivity contribution is 0.944. The number of hydrogen-bond donors (Lipinski definition) is 2. The average molecular weight is 243 g/mol. The van der Waals surface area contributed by atoms with Crippen LogP contribution < -0.4 is 10.6 Å². The van der Waals surface area contributed by atoms with Crippen molar-refractivity contribution in [2.24, 2.45) is 0 Å². The first-order chi connectivity index (χ1) is 8.78. The summed E-state index contributed by atoms with van der Waals surface area (Å²) in [6, 6.07) is 7.83. The molecule has 0 aliphatic carbocycles. The first-order valence-electron chi connectivity index (χ1n) is 5.95. The molecule has 18 heavy (non-hydrogen) atoms. The van der Waals surface area contributed by atoms with E-state index in [1.165, 1.54) is 0 Å². The molecule has 0 atom stereocenters. The van der Waals surface area contributed by atoms with Crippen LogP contribution in [0.25, 0.3) is 0 Å². The molecule has 94 valence electrons. The van der Waals surface area contributed by atoms with Gasteiger partial charge in [-0.05, 0) is 19.1 Å². The monoisotopic (exact) mass is 243 g/mol. The third-order valence-electron chi connectivity index (χ3n) is 2.51. The van der Waals surface area contributed by atoms with E-state index in [4.69, 9.17) is 0 Å². The zero-order valence-electron chi connectivity index (χ0n) is 10.6. The van der Waals surface area contributed by atoms with Gasteiger partial charge in [0, 0.05) is 38.0 Å². The third kappa shape index (κ3) is 3.41. The van der Waals surface area contributed by atoms with E-state index >= 15 is 0 Å². The van der Waals surface area contributed by atoms with Crippen LogP contribution in [0.5, 0.6) is 0 Å². The maximum absolute atomic E-state index is 4.33. The van der Waals surface area contributed by atoms with Gasteiger partial charge in [-0.2, -0.15) is 0 Å². The number of anilines is 2. The highest BCUT2D eigenvalue weighted by Gasteiger charge is 2.00. The molecule has 0 unspecified atom stereocenters. The lowest BCUT2D eigenvalue weighted by atomic mass is 10.3. The van der Waals surface area contributed by atoms with E-state index in [-0.39, 0.29) is 0 Å². The molecule has 2 heterocycles. The molecule has 0 amide bonds. The van der Waals surface area contributed by atoms with Gasteiger partial charge in [0.05, 0.1) is 0 Å². The predicted octanol–water partition coefficient (Wildman–Crippen LogP) is 1.88. The van der Waals surface area contributed by atoms with Gasteiger partial charge in [-0.25, -0.2) is 9.97 Å². The molecule has 2 aromatic heterocycles. The summed E-state index contributed by atoms with van der Waals surface area (Å²) in [5.41, 5.74) is 1.07. The van der Waals surface area contributed by atoms with Crippen LogP contribution in [0.4, 0.5) is 11.6 Å². The Morgan fingerprint density at radius 2 is 2.00 bits per heavy atom. The minimum atomic E-state index is 0.752. The molecule has 2 aromatic rings. The summed E-state index contributed by atoms with van der Waals surface area (Å²) in [6.45, 7) is 2.68. The van der Waals surface area contributed by atoms with E-state index < -0.39 is 0 Å². The minimum absolute atomic E-state index is 0.752. The SMILES string of the molecule is CNc1cc(NCCc2ccccn2)nc(C)n1. The predicted molar refractivity (Wildman–Crippen MR) is 72.7 cm³/mol. The van der Waals surface area contributed by atoms with E-state index in [1.807, 2.05) is 44.4 Å². The summed E-state index contributed by atoms with van der Waals surface area (Å²) in [7, 11) is 1.85. The Morgan fingerprint density at radius 1 is 1.17 bits per heavy atom. The summed E-state index contributed by atoms with van der Waals surface area (Å²) in [5.74, 6) is 2.41. The summed E-state index contributed by atoms with van der Waals surface area (Å²) in [4.78, 5) is 12.9. The number of pyridine rings is 1. The van der Waals surface area contributed by atoms with E-state index in [1.54, 1.807) is 0 Å². The van der Waals surface area contributed by atoms with Crippen molar-refractivity contribution in [2.75, 3.05) is 24.2 Å². The van der Waals surface area contributed by atoms with Crippen molar-refractivity contribution in [2.45, 2.75) is 13.3 Å². The summed E-state index contributed by atoms with van der Waals surface area (Å²) < 4.78 is 0. The van der Waals surface area contributed by atoms with Gasteiger partial charge in [0.15, 0.2) is 0 Å². The lowest BCUT2D eigenvalue weighted by Gasteiger charge is -2.08. The van der Waals surface area contributed by atoms with Gasteiger partial charge < -0.3 is 10.6 Å². The van der Waals surface area contributed by atoms with Crippen molar-refractivity contribution >= 4 is 11.6 Å². The lowest BCUT2D eigenvalue weighted by Crippen LogP contribution is -2.09. The molecule has 0 fully saturated rings. The highest BCUT2D eigenvalue weighted by Crippen LogP contribution is 2.10. The van der Waals surface area contributed by atoms with Crippen LogP contribution >= 0.6 is 0 Å². The molecule has 0 aliphatic rings. The normalized spacial score (nSPS) is 10.1. The first-order valence-corrected chi connectivity index (χ1v) is 5.95. The van der Waals surface area contributed by atoms with Gasteiger partial charge >= 0.3 is 0 Å². The highest BCUT2D eigenvalue weighted by molar-refractivity contribution is 5.47. The van der Waals surface area contributed by atoms with Crippen LogP contribution in [0.2, 0.25) is 0 Å². The van der Waals surface area contributed by atoms with Crippen molar-refractivity contribution in [3.63, 3.8) is 0 Å². The molecule has 2 N–H and O–H groups in total. The molecule has 0 saturated carbocycles. The minimum Gasteiger partial charge on any atom is -0.373 e. The van der Waals surface area contributed by atoms with Crippen LogP contribution in [0.3, 0.4) is 0 Å². The maximum atomic E-state index is 4.33. The van der Waals surface area contributed by atoms with Crippen molar-refractivity contribution in [3.8, 4) is 0 Å². The van der Waals surface area contributed by atoms with Gasteiger partial charge in [0.1, 0.15) is 17.5 Å². The molecule has 0 saturated heterocycles. The van der Waals surface area contributed by atoms with Crippen LogP contribution in [-0.4, -0.2) is 28.5 Å². The van der Waals surface area contributed by atoms with Crippen molar-refractivity contribution in [1.29, 1.82) is 0 Å². The quantitative estimate of drug-likeness (QED) is 0.839. The van der Waals surface area contributed by atoms with Crippen molar-refractivity contribution in [3.05, 3.63) is 42.0 Å².